The second-order valence-corrected chi connectivity index (χ2v) is 4.60. The highest BCUT2D eigenvalue weighted by Gasteiger charge is 2.12. The Morgan fingerprint density at radius 2 is 1.93 bits per heavy atom. The maximum absolute atomic E-state index is 11.2. The van der Waals surface area contributed by atoms with Crippen molar-refractivity contribution in [3.05, 3.63) is 0 Å². The summed E-state index contributed by atoms with van der Waals surface area (Å²) in [5, 5.41) is 3.16. The second-order valence-electron chi connectivity index (χ2n) is 4.60. The highest BCUT2D eigenvalue weighted by atomic mass is 16.7. The molecule has 0 saturated carbocycles. The Balaban J connectivity index is 3.47. The van der Waals surface area contributed by atoms with Crippen molar-refractivity contribution in [2.45, 2.75) is 52.7 Å². The van der Waals surface area contributed by atoms with Crippen LogP contribution >= 0.6 is 0 Å². The Labute approximate surface area is 86.4 Å². The number of hydroxylamine groups is 1. The third kappa shape index (κ3) is 9.48. The van der Waals surface area contributed by atoms with Gasteiger partial charge in [-0.25, -0.2) is 5.48 Å². The first kappa shape index (κ1) is 13.4. The first-order valence-electron chi connectivity index (χ1n) is 5.01. The summed E-state index contributed by atoms with van der Waals surface area (Å²) in [5.41, 5.74) is 2.09. The molecule has 0 bridgehead atoms. The number of carbonyl (C=O) groups is 1. The van der Waals surface area contributed by atoms with E-state index in [1.807, 2.05) is 34.6 Å². The molecule has 0 aromatic carbocycles. The number of amides is 1. The number of hydrogen-bond donors (Lipinski definition) is 2. The van der Waals surface area contributed by atoms with Gasteiger partial charge in [-0.2, -0.15) is 0 Å². The fourth-order valence-corrected chi connectivity index (χ4v) is 0.735. The fourth-order valence-electron chi connectivity index (χ4n) is 0.735. The van der Waals surface area contributed by atoms with Gasteiger partial charge in [-0.1, -0.05) is 13.8 Å². The Morgan fingerprint density at radius 1 is 1.36 bits per heavy atom. The van der Waals surface area contributed by atoms with Crippen LogP contribution in [0.5, 0.6) is 0 Å². The molecule has 4 nitrogen and oxygen atoms in total. The molecule has 14 heavy (non-hydrogen) atoms. The van der Waals surface area contributed by atoms with Gasteiger partial charge in [0.1, 0.15) is 0 Å². The van der Waals surface area contributed by atoms with Gasteiger partial charge in [0.2, 0.25) is 5.91 Å². The molecule has 0 heterocycles. The van der Waals surface area contributed by atoms with Crippen molar-refractivity contribution in [1.29, 1.82) is 0 Å². The van der Waals surface area contributed by atoms with E-state index in [9.17, 15) is 4.79 Å². The zero-order valence-electron chi connectivity index (χ0n) is 9.81. The van der Waals surface area contributed by atoms with E-state index in [0.29, 0.717) is 19.0 Å². The molecule has 0 aromatic rings. The summed E-state index contributed by atoms with van der Waals surface area (Å²) in [4.78, 5) is 16.3. The summed E-state index contributed by atoms with van der Waals surface area (Å²) in [5.74, 6) is -0.0897. The average Bonchev–Trinajstić information content (AvgIpc) is 1.99. The van der Waals surface area contributed by atoms with Crippen LogP contribution in [0.4, 0.5) is 0 Å². The fraction of sp³-hybridized carbons (Fsp3) is 0.900. The lowest BCUT2D eigenvalue weighted by molar-refractivity contribution is -0.145. The largest absolute Gasteiger partial charge is 0.314 e. The molecule has 2 N–H and O–H groups in total. The van der Waals surface area contributed by atoms with E-state index >= 15 is 0 Å². The zero-order valence-corrected chi connectivity index (χ0v) is 9.81. The van der Waals surface area contributed by atoms with Gasteiger partial charge in [-0.05, 0) is 20.8 Å². The SMILES string of the molecule is CC(C)NCCC(=O)NOC(C)(C)C. The first-order chi connectivity index (χ1) is 6.31. The van der Waals surface area contributed by atoms with Crippen molar-refractivity contribution < 1.29 is 9.63 Å². The molecule has 0 radical (unpaired) electrons. The quantitative estimate of drug-likeness (QED) is 0.659. The summed E-state index contributed by atoms with van der Waals surface area (Å²) in [6.07, 6.45) is 0.439. The van der Waals surface area contributed by atoms with Crippen molar-refractivity contribution in [3.8, 4) is 0 Å². The maximum atomic E-state index is 11.2. The topological polar surface area (TPSA) is 50.4 Å². The standard InChI is InChI=1S/C10H22N2O2/c1-8(2)11-7-6-9(13)12-14-10(3,4)5/h8,11H,6-7H2,1-5H3,(H,12,13). The van der Waals surface area contributed by atoms with Crippen molar-refractivity contribution >= 4 is 5.91 Å². The van der Waals surface area contributed by atoms with Crippen molar-refractivity contribution in [1.82, 2.24) is 10.8 Å². The molecule has 0 aliphatic heterocycles. The van der Waals surface area contributed by atoms with Crippen LogP contribution in [0.2, 0.25) is 0 Å². The number of carbonyl (C=O) groups excluding carboxylic acids is 1. The molecular weight excluding hydrogens is 180 g/mol. The van der Waals surface area contributed by atoms with Crippen LogP contribution in [-0.2, 0) is 9.63 Å². The lowest BCUT2D eigenvalue weighted by Gasteiger charge is -2.19. The molecule has 0 saturated heterocycles. The van der Waals surface area contributed by atoms with Crippen LogP contribution in [0.1, 0.15) is 41.0 Å². The van der Waals surface area contributed by atoms with Gasteiger partial charge in [0.05, 0.1) is 5.60 Å². The van der Waals surface area contributed by atoms with E-state index in [-0.39, 0.29) is 11.5 Å². The molecule has 0 spiro atoms. The zero-order chi connectivity index (χ0) is 11.2. The summed E-state index contributed by atoms with van der Waals surface area (Å²) in [7, 11) is 0. The minimum Gasteiger partial charge on any atom is -0.314 e. The van der Waals surface area contributed by atoms with E-state index < -0.39 is 0 Å². The van der Waals surface area contributed by atoms with Crippen LogP contribution in [0.15, 0.2) is 0 Å². The smallest absolute Gasteiger partial charge is 0.244 e. The van der Waals surface area contributed by atoms with Crippen molar-refractivity contribution in [2.75, 3.05) is 6.54 Å². The summed E-state index contributed by atoms with van der Waals surface area (Å²) >= 11 is 0. The molecule has 0 unspecified atom stereocenters. The second kappa shape index (κ2) is 5.98. The van der Waals surface area contributed by atoms with Crippen LogP contribution in [0, 0.1) is 0 Å². The van der Waals surface area contributed by atoms with Crippen LogP contribution < -0.4 is 10.8 Å². The van der Waals surface area contributed by atoms with Crippen LogP contribution in [-0.4, -0.2) is 24.1 Å². The number of nitrogens with one attached hydrogen (secondary N) is 2. The molecule has 0 aromatic heterocycles. The predicted molar refractivity (Wildman–Crippen MR) is 56.7 cm³/mol. The van der Waals surface area contributed by atoms with Gasteiger partial charge in [0.25, 0.3) is 0 Å². The summed E-state index contributed by atoms with van der Waals surface area (Å²) in [6.45, 7) is 10.4. The minimum absolute atomic E-state index is 0.0897. The molecule has 1 amide bonds. The third-order valence-electron chi connectivity index (χ3n) is 1.38. The molecule has 0 rings (SSSR count). The molecule has 0 aliphatic carbocycles. The van der Waals surface area contributed by atoms with Crippen molar-refractivity contribution in [3.63, 3.8) is 0 Å². The lowest BCUT2D eigenvalue weighted by Crippen LogP contribution is -2.35. The average molecular weight is 202 g/mol. The number of rotatable bonds is 5. The molecule has 0 atom stereocenters. The molecule has 84 valence electrons. The van der Waals surface area contributed by atoms with E-state index in [1.54, 1.807) is 0 Å². The molecular formula is C10H22N2O2. The Hall–Kier alpha value is -0.610. The van der Waals surface area contributed by atoms with E-state index in [0.717, 1.165) is 0 Å². The third-order valence-corrected chi connectivity index (χ3v) is 1.38. The Morgan fingerprint density at radius 3 is 2.36 bits per heavy atom. The number of hydrogen-bond acceptors (Lipinski definition) is 3. The van der Waals surface area contributed by atoms with Gasteiger partial charge in [0, 0.05) is 19.0 Å². The maximum Gasteiger partial charge on any atom is 0.244 e. The summed E-state index contributed by atoms with van der Waals surface area (Å²) in [6, 6.07) is 0.409. The molecule has 0 fully saturated rings. The highest BCUT2D eigenvalue weighted by molar-refractivity contribution is 5.74. The van der Waals surface area contributed by atoms with Crippen LogP contribution in [0.25, 0.3) is 0 Å². The van der Waals surface area contributed by atoms with Gasteiger partial charge >= 0.3 is 0 Å². The highest BCUT2D eigenvalue weighted by Crippen LogP contribution is 2.03. The van der Waals surface area contributed by atoms with Gasteiger partial charge < -0.3 is 5.32 Å². The Bertz CT molecular complexity index is 173. The van der Waals surface area contributed by atoms with E-state index in [1.165, 1.54) is 0 Å². The van der Waals surface area contributed by atoms with Crippen LogP contribution in [0.3, 0.4) is 0 Å². The predicted octanol–water partition coefficient (Wildman–Crippen LogP) is 1.22. The molecule has 4 heteroatoms. The normalized spacial score (nSPS) is 11.9. The molecule has 0 aliphatic rings. The van der Waals surface area contributed by atoms with Crippen molar-refractivity contribution in [2.24, 2.45) is 0 Å². The monoisotopic (exact) mass is 202 g/mol. The summed E-state index contributed by atoms with van der Waals surface area (Å²) < 4.78 is 0. The Kier molecular flexibility index (Phi) is 5.72. The van der Waals surface area contributed by atoms with Gasteiger partial charge in [0.15, 0.2) is 0 Å². The van der Waals surface area contributed by atoms with E-state index in [2.05, 4.69) is 10.8 Å². The minimum atomic E-state index is -0.332. The first-order valence-corrected chi connectivity index (χ1v) is 5.01. The van der Waals surface area contributed by atoms with Gasteiger partial charge in [-0.15, -0.1) is 0 Å². The lowest BCUT2D eigenvalue weighted by atomic mass is 10.2. The van der Waals surface area contributed by atoms with Gasteiger partial charge in [-0.3, -0.25) is 9.63 Å². The van der Waals surface area contributed by atoms with E-state index in [4.69, 9.17) is 4.84 Å².